The van der Waals surface area contributed by atoms with Gasteiger partial charge in [-0.25, -0.2) is 4.39 Å². The Labute approximate surface area is 120 Å². The molecular weight excluding hydrogens is 309 g/mol. The summed E-state index contributed by atoms with van der Waals surface area (Å²) < 4.78 is 19.5. The molecule has 0 saturated carbocycles. The second-order valence-corrected chi connectivity index (χ2v) is 5.24. The Morgan fingerprint density at radius 3 is 2.58 bits per heavy atom. The molecule has 4 heteroatoms. The van der Waals surface area contributed by atoms with Crippen LogP contribution in [0.15, 0.2) is 40.9 Å². The number of hydrogen-bond acceptors (Lipinski definition) is 2. The van der Waals surface area contributed by atoms with Crippen LogP contribution < -0.4 is 10.5 Å². The van der Waals surface area contributed by atoms with E-state index in [1.807, 2.05) is 25.1 Å². The molecule has 0 amide bonds. The number of benzene rings is 2. The molecule has 0 heterocycles. The topological polar surface area (TPSA) is 35.2 Å². The van der Waals surface area contributed by atoms with Gasteiger partial charge in [0.2, 0.25) is 0 Å². The average molecular weight is 324 g/mol. The van der Waals surface area contributed by atoms with Gasteiger partial charge in [0.1, 0.15) is 11.6 Å². The van der Waals surface area contributed by atoms with E-state index >= 15 is 0 Å². The highest BCUT2D eigenvalue weighted by Crippen LogP contribution is 2.33. The molecule has 0 bridgehead atoms. The Bertz CT molecular complexity index is 601. The average Bonchev–Trinajstić information content (AvgIpc) is 2.40. The van der Waals surface area contributed by atoms with Crippen molar-refractivity contribution in [3.8, 4) is 5.75 Å². The van der Waals surface area contributed by atoms with Gasteiger partial charge in [-0.15, -0.1) is 0 Å². The lowest BCUT2D eigenvalue weighted by molar-refractivity contribution is 0.407. The zero-order valence-corrected chi connectivity index (χ0v) is 12.4. The number of hydrogen-bond donors (Lipinski definition) is 1. The number of rotatable bonds is 3. The number of ether oxygens (including phenoxy) is 1. The molecule has 0 aliphatic carbocycles. The highest BCUT2D eigenvalue weighted by Gasteiger charge is 2.17. The van der Waals surface area contributed by atoms with Crippen molar-refractivity contribution in [3.05, 3.63) is 63.4 Å². The van der Waals surface area contributed by atoms with Crippen LogP contribution in [0, 0.1) is 12.7 Å². The molecule has 0 spiro atoms. The van der Waals surface area contributed by atoms with Crippen LogP contribution in [0.4, 0.5) is 4.39 Å². The first-order valence-electron chi connectivity index (χ1n) is 5.88. The molecule has 0 fully saturated rings. The maximum absolute atomic E-state index is 13.4. The van der Waals surface area contributed by atoms with Crippen molar-refractivity contribution in [2.75, 3.05) is 7.11 Å². The van der Waals surface area contributed by atoms with Crippen LogP contribution in [0.2, 0.25) is 0 Å². The third-order valence-corrected chi connectivity index (χ3v) is 3.74. The second kappa shape index (κ2) is 5.72. The van der Waals surface area contributed by atoms with Crippen molar-refractivity contribution in [3.63, 3.8) is 0 Å². The SMILES string of the molecule is COc1ccc(C)cc1C(N)c1cc(F)ccc1Br. The minimum atomic E-state index is -0.445. The van der Waals surface area contributed by atoms with Gasteiger partial charge in [0.15, 0.2) is 0 Å². The Morgan fingerprint density at radius 1 is 1.16 bits per heavy atom. The lowest BCUT2D eigenvalue weighted by Crippen LogP contribution is -2.14. The van der Waals surface area contributed by atoms with Crippen molar-refractivity contribution in [2.24, 2.45) is 5.73 Å². The van der Waals surface area contributed by atoms with Crippen LogP contribution in [-0.4, -0.2) is 7.11 Å². The minimum absolute atomic E-state index is 0.305. The van der Waals surface area contributed by atoms with Crippen LogP contribution in [-0.2, 0) is 0 Å². The summed E-state index contributed by atoms with van der Waals surface area (Å²) in [5, 5.41) is 0. The minimum Gasteiger partial charge on any atom is -0.496 e. The van der Waals surface area contributed by atoms with E-state index in [0.29, 0.717) is 11.3 Å². The third kappa shape index (κ3) is 2.96. The van der Waals surface area contributed by atoms with Crippen LogP contribution in [0.3, 0.4) is 0 Å². The molecule has 2 rings (SSSR count). The van der Waals surface area contributed by atoms with Gasteiger partial charge >= 0.3 is 0 Å². The highest BCUT2D eigenvalue weighted by atomic mass is 79.9. The molecular formula is C15H15BrFNO. The first kappa shape index (κ1) is 14.0. The van der Waals surface area contributed by atoms with Crippen molar-refractivity contribution >= 4 is 15.9 Å². The summed E-state index contributed by atoms with van der Waals surface area (Å²) in [6.45, 7) is 1.98. The molecule has 0 radical (unpaired) electrons. The Morgan fingerprint density at radius 2 is 1.89 bits per heavy atom. The summed E-state index contributed by atoms with van der Waals surface area (Å²) in [7, 11) is 1.60. The normalized spacial score (nSPS) is 12.3. The Kier molecular flexibility index (Phi) is 4.22. The van der Waals surface area contributed by atoms with E-state index in [1.165, 1.54) is 12.1 Å². The van der Waals surface area contributed by atoms with E-state index in [4.69, 9.17) is 10.5 Å². The first-order valence-corrected chi connectivity index (χ1v) is 6.67. The molecule has 1 atom stereocenters. The van der Waals surface area contributed by atoms with Gasteiger partial charge in [-0.1, -0.05) is 33.6 Å². The summed E-state index contributed by atoms with van der Waals surface area (Å²) >= 11 is 3.41. The van der Waals surface area contributed by atoms with Crippen LogP contribution in [0.25, 0.3) is 0 Å². The summed E-state index contributed by atoms with van der Waals surface area (Å²) in [5.74, 6) is 0.398. The molecule has 2 N–H and O–H groups in total. The van der Waals surface area contributed by atoms with Crippen LogP contribution >= 0.6 is 15.9 Å². The fraction of sp³-hybridized carbons (Fsp3) is 0.200. The lowest BCUT2D eigenvalue weighted by atomic mass is 9.97. The van der Waals surface area contributed by atoms with E-state index in [2.05, 4.69) is 15.9 Å². The number of methoxy groups -OCH3 is 1. The molecule has 0 aliphatic rings. The number of aryl methyl sites for hydroxylation is 1. The maximum Gasteiger partial charge on any atom is 0.123 e. The zero-order valence-electron chi connectivity index (χ0n) is 10.8. The first-order chi connectivity index (χ1) is 9.02. The molecule has 2 aromatic rings. The molecule has 0 saturated heterocycles. The molecule has 19 heavy (non-hydrogen) atoms. The van der Waals surface area contributed by atoms with Crippen molar-refractivity contribution in [1.29, 1.82) is 0 Å². The summed E-state index contributed by atoms with van der Waals surface area (Å²) in [4.78, 5) is 0. The Hall–Kier alpha value is -1.39. The van der Waals surface area contributed by atoms with Crippen molar-refractivity contribution in [1.82, 2.24) is 0 Å². The van der Waals surface area contributed by atoms with Gasteiger partial charge in [0.05, 0.1) is 13.2 Å². The van der Waals surface area contributed by atoms with Crippen LogP contribution in [0.1, 0.15) is 22.7 Å². The van der Waals surface area contributed by atoms with Gasteiger partial charge in [-0.05, 0) is 36.8 Å². The fourth-order valence-electron chi connectivity index (χ4n) is 2.02. The molecule has 100 valence electrons. The smallest absolute Gasteiger partial charge is 0.123 e. The van der Waals surface area contributed by atoms with E-state index in [9.17, 15) is 4.39 Å². The fourth-order valence-corrected chi connectivity index (χ4v) is 2.51. The largest absolute Gasteiger partial charge is 0.496 e. The molecule has 0 aromatic heterocycles. The second-order valence-electron chi connectivity index (χ2n) is 4.39. The molecule has 0 aliphatic heterocycles. The van der Waals surface area contributed by atoms with Gasteiger partial charge in [0.25, 0.3) is 0 Å². The molecule has 1 unspecified atom stereocenters. The van der Waals surface area contributed by atoms with Gasteiger partial charge in [-0.2, -0.15) is 0 Å². The predicted octanol–water partition coefficient (Wildman–Crippen LogP) is 3.95. The third-order valence-electron chi connectivity index (χ3n) is 3.01. The van der Waals surface area contributed by atoms with Crippen molar-refractivity contribution in [2.45, 2.75) is 13.0 Å². The van der Waals surface area contributed by atoms with Crippen molar-refractivity contribution < 1.29 is 9.13 Å². The van der Waals surface area contributed by atoms with E-state index < -0.39 is 6.04 Å². The van der Waals surface area contributed by atoms with Crippen LogP contribution in [0.5, 0.6) is 5.75 Å². The number of halogens is 2. The van der Waals surface area contributed by atoms with Gasteiger partial charge in [-0.3, -0.25) is 0 Å². The number of nitrogens with two attached hydrogens (primary N) is 1. The summed E-state index contributed by atoms with van der Waals surface area (Å²) in [5.41, 5.74) is 8.88. The predicted molar refractivity (Wildman–Crippen MR) is 77.9 cm³/mol. The molecule has 2 aromatic carbocycles. The van der Waals surface area contributed by atoms with Gasteiger partial charge in [0, 0.05) is 10.0 Å². The van der Waals surface area contributed by atoms with Gasteiger partial charge < -0.3 is 10.5 Å². The standard InChI is InChI=1S/C15H15BrFNO/c1-9-3-6-14(19-2)12(7-9)15(18)11-8-10(17)4-5-13(11)16/h3-8,15H,18H2,1-2H3. The lowest BCUT2D eigenvalue weighted by Gasteiger charge is -2.18. The highest BCUT2D eigenvalue weighted by molar-refractivity contribution is 9.10. The summed E-state index contributed by atoms with van der Waals surface area (Å²) in [6, 6.07) is 9.84. The Balaban J connectivity index is 2.51. The zero-order chi connectivity index (χ0) is 14.0. The van der Waals surface area contributed by atoms with E-state index in [1.54, 1.807) is 13.2 Å². The summed E-state index contributed by atoms with van der Waals surface area (Å²) in [6.07, 6.45) is 0. The van der Waals surface area contributed by atoms with E-state index in [0.717, 1.165) is 15.6 Å². The van der Waals surface area contributed by atoms with E-state index in [-0.39, 0.29) is 5.82 Å². The molecule has 2 nitrogen and oxygen atoms in total. The monoisotopic (exact) mass is 323 g/mol. The quantitative estimate of drug-likeness (QED) is 0.928. The maximum atomic E-state index is 13.4.